The SMILES string of the molecule is COC[C@@H]1CCN2[C@@H]1COC2(C)C. The highest BCUT2D eigenvalue weighted by molar-refractivity contribution is 4.95. The second-order valence-corrected chi connectivity index (χ2v) is 4.52. The number of rotatable bonds is 2. The lowest BCUT2D eigenvalue weighted by atomic mass is 10.0. The van der Waals surface area contributed by atoms with Crippen molar-refractivity contribution in [1.29, 1.82) is 0 Å². The maximum atomic E-state index is 5.75. The van der Waals surface area contributed by atoms with Crippen LogP contribution in [0.25, 0.3) is 0 Å². The third kappa shape index (κ3) is 1.49. The van der Waals surface area contributed by atoms with Gasteiger partial charge in [-0.3, -0.25) is 4.90 Å². The Kier molecular flexibility index (Phi) is 2.34. The lowest BCUT2D eigenvalue weighted by Gasteiger charge is -2.29. The Balaban J connectivity index is 2.03. The highest BCUT2D eigenvalue weighted by atomic mass is 16.5. The zero-order valence-corrected chi connectivity index (χ0v) is 8.75. The van der Waals surface area contributed by atoms with Crippen molar-refractivity contribution < 1.29 is 9.47 Å². The third-order valence-corrected chi connectivity index (χ3v) is 3.37. The van der Waals surface area contributed by atoms with E-state index in [0.717, 1.165) is 19.8 Å². The van der Waals surface area contributed by atoms with Crippen LogP contribution in [0.5, 0.6) is 0 Å². The second-order valence-electron chi connectivity index (χ2n) is 4.52. The number of hydrogen-bond donors (Lipinski definition) is 0. The van der Waals surface area contributed by atoms with Crippen molar-refractivity contribution in [2.24, 2.45) is 5.92 Å². The van der Waals surface area contributed by atoms with Gasteiger partial charge in [0.2, 0.25) is 0 Å². The summed E-state index contributed by atoms with van der Waals surface area (Å²) in [6, 6.07) is 0.593. The molecule has 0 amide bonds. The van der Waals surface area contributed by atoms with Crippen LogP contribution in [0.3, 0.4) is 0 Å². The van der Waals surface area contributed by atoms with Gasteiger partial charge in [0.15, 0.2) is 0 Å². The summed E-state index contributed by atoms with van der Waals surface area (Å²) in [7, 11) is 1.78. The molecule has 2 aliphatic heterocycles. The Morgan fingerprint density at radius 3 is 3.00 bits per heavy atom. The predicted molar refractivity (Wildman–Crippen MR) is 50.5 cm³/mol. The van der Waals surface area contributed by atoms with Gasteiger partial charge in [-0.2, -0.15) is 0 Å². The fourth-order valence-electron chi connectivity index (χ4n) is 2.59. The van der Waals surface area contributed by atoms with Crippen molar-refractivity contribution in [2.75, 3.05) is 26.9 Å². The summed E-state index contributed by atoms with van der Waals surface area (Å²) in [5.41, 5.74) is -0.0485. The summed E-state index contributed by atoms with van der Waals surface area (Å²) in [6.07, 6.45) is 1.26. The number of nitrogens with zero attached hydrogens (tertiary/aromatic N) is 1. The Bertz CT molecular complexity index is 193. The van der Waals surface area contributed by atoms with E-state index in [9.17, 15) is 0 Å². The number of fused-ring (bicyclic) bond motifs is 1. The molecule has 76 valence electrons. The molecule has 2 atom stereocenters. The van der Waals surface area contributed by atoms with E-state index in [1.807, 2.05) is 0 Å². The monoisotopic (exact) mass is 185 g/mol. The van der Waals surface area contributed by atoms with Crippen molar-refractivity contribution in [2.45, 2.75) is 32.0 Å². The predicted octanol–water partition coefficient (Wildman–Crippen LogP) is 1.09. The number of hydrogen-bond acceptors (Lipinski definition) is 3. The van der Waals surface area contributed by atoms with Crippen LogP contribution in [-0.4, -0.2) is 43.5 Å². The summed E-state index contributed by atoms with van der Waals surface area (Å²) in [6.45, 7) is 7.22. The molecule has 0 N–H and O–H groups in total. The molecule has 0 aromatic heterocycles. The van der Waals surface area contributed by atoms with Gasteiger partial charge in [-0.25, -0.2) is 0 Å². The van der Waals surface area contributed by atoms with Crippen LogP contribution < -0.4 is 0 Å². The largest absolute Gasteiger partial charge is 0.384 e. The Morgan fingerprint density at radius 2 is 2.31 bits per heavy atom. The van der Waals surface area contributed by atoms with E-state index in [4.69, 9.17) is 9.47 Å². The van der Waals surface area contributed by atoms with Crippen LogP contribution in [-0.2, 0) is 9.47 Å². The first-order chi connectivity index (χ1) is 6.15. The number of methoxy groups -OCH3 is 1. The fraction of sp³-hybridized carbons (Fsp3) is 1.00. The quantitative estimate of drug-likeness (QED) is 0.643. The van der Waals surface area contributed by atoms with Gasteiger partial charge in [0.05, 0.1) is 13.2 Å². The Hall–Kier alpha value is -0.120. The van der Waals surface area contributed by atoms with E-state index >= 15 is 0 Å². The highest BCUT2D eigenvalue weighted by Gasteiger charge is 2.47. The van der Waals surface area contributed by atoms with Crippen LogP contribution >= 0.6 is 0 Å². The van der Waals surface area contributed by atoms with Gasteiger partial charge in [0.1, 0.15) is 5.72 Å². The van der Waals surface area contributed by atoms with Gasteiger partial charge in [0.25, 0.3) is 0 Å². The van der Waals surface area contributed by atoms with Gasteiger partial charge < -0.3 is 9.47 Å². The molecule has 3 heteroatoms. The lowest BCUT2D eigenvalue weighted by Crippen LogP contribution is -2.41. The summed E-state index contributed by atoms with van der Waals surface area (Å²) < 4.78 is 11.0. The molecule has 0 radical (unpaired) electrons. The average molecular weight is 185 g/mol. The molecule has 0 aromatic carbocycles. The molecule has 2 heterocycles. The first-order valence-electron chi connectivity index (χ1n) is 5.05. The third-order valence-electron chi connectivity index (χ3n) is 3.37. The van der Waals surface area contributed by atoms with Crippen molar-refractivity contribution in [3.05, 3.63) is 0 Å². The minimum atomic E-state index is -0.0485. The molecule has 2 saturated heterocycles. The molecule has 0 spiro atoms. The fourth-order valence-corrected chi connectivity index (χ4v) is 2.59. The van der Waals surface area contributed by atoms with Gasteiger partial charge >= 0.3 is 0 Å². The van der Waals surface area contributed by atoms with E-state index in [-0.39, 0.29) is 5.72 Å². The second kappa shape index (κ2) is 3.23. The molecule has 0 aromatic rings. The molecule has 3 nitrogen and oxygen atoms in total. The van der Waals surface area contributed by atoms with E-state index in [1.165, 1.54) is 6.42 Å². The molecule has 2 rings (SSSR count). The molecule has 0 aliphatic carbocycles. The maximum absolute atomic E-state index is 5.75. The van der Waals surface area contributed by atoms with Crippen molar-refractivity contribution in [1.82, 2.24) is 4.90 Å². The minimum Gasteiger partial charge on any atom is -0.384 e. The molecular weight excluding hydrogens is 166 g/mol. The topological polar surface area (TPSA) is 21.7 Å². The van der Waals surface area contributed by atoms with Gasteiger partial charge in [-0.15, -0.1) is 0 Å². The molecule has 0 bridgehead atoms. The van der Waals surface area contributed by atoms with Crippen LogP contribution in [0, 0.1) is 5.92 Å². The normalized spacial score (nSPS) is 38.1. The molecule has 0 saturated carbocycles. The van der Waals surface area contributed by atoms with Crippen LogP contribution in [0.15, 0.2) is 0 Å². The van der Waals surface area contributed by atoms with E-state index in [0.29, 0.717) is 12.0 Å². The van der Waals surface area contributed by atoms with Crippen LogP contribution in [0.1, 0.15) is 20.3 Å². The van der Waals surface area contributed by atoms with E-state index in [2.05, 4.69) is 18.7 Å². The van der Waals surface area contributed by atoms with Gasteiger partial charge in [-0.05, 0) is 20.3 Å². The van der Waals surface area contributed by atoms with Gasteiger partial charge in [0, 0.05) is 25.6 Å². The maximum Gasteiger partial charge on any atom is 0.116 e. The minimum absolute atomic E-state index is 0.0485. The van der Waals surface area contributed by atoms with Crippen molar-refractivity contribution in [3.63, 3.8) is 0 Å². The summed E-state index contributed by atoms with van der Waals surface area (Å²) in [5, 5.41) is 0. The smallest absolute Gasteiger partial charge is 0.116 e. The first-order valence-corrected chi connectivity index (χ1v) is 5.05. The summed E-state index contributed by atoms with van der Waals surface area (Å²) in [5.74, 6) is 0.673. The molecule has 2 fully saturated rings. The van der Waals surface area contributed by atoms with Crippen LogP contribution in [0.4, 0.5) is 0 Å². The van der Waals surface area contributed by atoms with Crippen molar-refractivity contribution >= 4 is 0 Å². The summed E-state index contributed by atoms with van der Waals surface area (Å²) >= 11 is 0. The lowest BCUT2D eigenvalue weighted by molar-refractivity contribution is -0.0478. The van der Waals surface area contributed by atoms with Crippen molar-refractivity contribution in [3.8, 4) is 0 Å². The average Bonchev–Trinajstić information content (AvgIpc) is 2.57. The van der Waals surface area contributed by atoms with Gasteiger partial charge in [-0.1, -0.05) is 0 Å². The molecule has 13 heavy (non-hydrogen) atoms. The standard InChI is InChI=1S/C10H19NO2/c1-10(2)11-5-4-8(6-12-3)9(11)7-13-10/h8-9H,4-7H2,1-3H3/t8-,9+/m0/s1. The number of ether oxygens (including phenoxy) is 2. The Labute approximate surface area is 80.0 Å². The molecular formula is C10H19NO2. The zero-order chi connectivity index (χ0) is 9.47. The summed E-state index contributed by atoms with van der Waals surface area (Å²) in [4.78, 5) is 2.47. The first kappa shape index (κ1) is 9.44. The van der Waals surface area contributed by atoms with E-state index in [1.54, 1.807) is 7.11 Å². The Morgan fingerprint density at radius 1 is 1.54 bits per heavy atom. The van der Waals surface area contributed by atoms with Crippen LogP contribution in [0.2, 0.25) is 0 Å². The van der Waals surface area contributed by atoms with E-state index < -0.39 is 0 Å². The zero-order valence-electron chi connectivity index (χ0n) is 8.75. The molecule has 2 aliphatic rings. The molecule has 0 unspecified atom stereocenters. The highest BCUT2D eigenvalue weighted by Crippen LogP contribution is 2.37.